The number of amides is 2. The Hall–Kier alpha value is -2.81. The van der Waals surface area contributed by atoms with Crippen molar-refractivity contribution in [1.82, 2.24) is 4.90 Å². The molecule has 0 spiro atoms. The summed E-state index contributed by atoms with van der Waals surface area (Å²) in [6.07, 6.45) is 3.90. The molecule has 0 heterocycles. The van der Waals surface area contributed by atoms with Crippen LogP contribution in [-0.2, 0) is 9.59 Å². The minimum atomic E-state index is -0.539. The van der Waals surface area contributed by atoms with E-state index in [1.165, 1.54) is 11.0 Å². The van der Waals surface area contributed by atoms with Crippen LogP contribution in [0.2, 0.25) is 0 Å². The second kappa shape index (κ2) is 9.19. The van der Waals surface area contributed by atoms with Gasteiger partial charge in [0.1, 0.15) is 12.3 Å². The standard InChI is InChI=1S/C16H19N3O3/c1-2-10-19(11-9-17)16(21)8-5-13-3-6-14(7-4-13)22-12-15(18)20/h3-8H,2,10-12H2,1H3,(H2,18,20)/b8-5-. The number of nitrogens with two attached hydrogens (primary N) is 1. The molecule has 0 radical (unpaired) electrons. The van der Waals surface area contributed by atoms with Gasteiger partial charge in [-0.25, -0.2) is 0 Å². The number of ether oxygens (including phenoxy) is 1. The quantitative estimate of drug-likeness (QED) is 0.578. The van der Waals surface area contributed by atoms with Crippen LogP contribution in [0.1, 0.15) is 18.9 Å². The third-order valence-corrected chi connectivity index (χ3v) is 2.75. The lowest BCUT2D eigenvalue weighted by molar-refractivity contribution is -0.125. The lowest BCUT2D eigenvalue weighted by Gasteiger charge is -2.16. The van der Waals surface area contributed by atoms with E-state index in [1.54, 1.807) is 30.3 Å². The van der Waals surface area contributed by atoms with Crippen molar-refractivity contribution in [3.05, 3.63) is 35.9 Å². The van der Waals surface area contributed by atoms with Crippen LogP contribution < -0.4 is 10.5 Å². The highest BCUT2D eigenvalue weighted by molar-refractivity contribution is 5.91. The number of nitriles is 1. The highest BCUT2D eigenvalue weighted by Crippen LogP contribution is 2.13. The Kier molecular flexibility index (Phi) is 7.20. The Morgan fingerprint density at radius 2 is 2.05 bits per heavy atom. The van der Waals surface area contributed by atoms with E-state index >= 15 is 0 Å². The minimum Gasteiger partial charge on any atom is -0.484 e. The first-order valence-electron chi connectivity index (χ1n) is 6.92. The highest BCUT2D eigenvalue weighted by atomic mass is 16.5. The fraction of sp³-hybridized carbons (Fsp3) is 0.312. The van der Waals surface area contributed by atoms with Crippen LogP contribution in [0.25, 0.3) is 6.08 Å². The number of carbonyl (C=O) groups excluding carboxylic acids is 2. The van der Waals surface area contributed by atoms with Crippen LogP contribution in [0.5, 0.6) is 5.75 Å². The molecule has 0 aliphatic heterocycles. The zero-order valence-corrected chi connectivity index (χ0v) is 12.5. The van der Waals surface area contributed by atoms with Gasteiger partial charge in [0.05, 0.1) is 6.07 Å². The Morgan fingerprint density at radius 1 is 1.36 bits per heavy atom. The molecule has 0 aliphatic rings. The largest absolute Gasteiger partial charge is 0.484 e. The van der Waals surface area contributed by atoms with Gasteiger partial charge < -0.3 is 15.4 Å². The van der Waals surface area contributed by atoms with Crippen LogP contribution in [0.4, 0.5) is 0 Å². The number of hydrogen-bond acceptors (Lipinski definition) is 4. The van der Waals surface area contributed by atoms with Gasteiger partial charge in [-0.05, 0) is 30.2 Å². The number of rotatable bonds is 8. The average Bonchev–Trinajstić information content (AvgIpc) is 2.51. The first-order valence-corrected chi connectivity index (χ1v) is 6.92. The third-order valence-electron chi connectivity index (χ3n) is 2.75. The molecule has 0 aliphatic carbocycles. The number of carbonyl (C=O) groups is 2. The van der Waals surface area contributed by atoms with E-state index in [1.807, 2.05) is 13.0 Å². The van der Waals surface area contributed by atoms with Crippen LogP contribution in [-0.4, -0.2) is 36.4 Å². The normalized spacial score (nSPS) is 10.2. The van der Waals surface area contributed by atoms with Gasteiger partial charge in [-0.15, -0.1) is 0 Å². The molecular weight excluding hydrogens is 282 g/mol. The maximum atomic E-state index is 12.0. The topological polar surface area (TPSA) is 96.4 Å². The van der Waals surface area contributed by atoms with Crippen molar-refractivity contribution in [2.45, 2.75) is 13.3 Å². The molecule has 0 bridgehead atoms. The highest BCUT2D eigenvalue weighted by Gasteiger charge is 2.08. The van der Waals surface area contributed by atoms with Crippen LogP contribution in [0.15, 0.2) is 30.3 Å². The van der Waals surface area contributed by atoms with Crippen molar-refractivity contribution in [2.75, 3.05) is 19.7 Å². The molecule has 0 aromatic heterocycles. The van der Waals surface area contributed by atoms with E-state index in [0.29, 0.717) is 12.3 Å². The van der Waals surface area contributed by atoms with Gasteiger partial charge in [0.15, 0.2) is 6.61 Å². The second-order valence-corrected chi connectivity index (χ2v) is 4.58. The molecule has 0 saturated heterocycles. The SMILES string of the molecule is CCCN(CC#N)C(=O)/C=C\c1ccc(OCC(N)=O)cc1. The third kappa shape index (κ3) is 6.09. The Labute approximate surface area is 129 Å². The molecule has 6 heteroatoms. The van der Waals surface area contributed by atoms with Crippen molar-refractivity contribution in [3.8, 4) is 11.8 Å². The molecular formula is C16H19N3O3. The summed E-state index contributed by atoms with van der Waals surface area (Å²) in [6, 6.07) is 8.87. The van der Waals surface area contributed by atoms with Crippen LogP contribution in [0, 0.1) is 11.3 Å². The lowest BCUT2D eigenvalue weighted by atomic mass is 10.2. The van der Waals surface area contributed by atoms with Gasteiger partial charge in [0.25, 0.3) is 5.91 Å². The summed E-state index contributed by atoms with van der Waals surface area (Å²) in [7, 11) is 0. The van der Waals surface area contributed by atoms with Crippen LogP contribution >= 0.6 is 0 Å². The van der Waals surface area contributed by atoms with Crippen molar-refractivity contribution in [2.24, 2.45) is 5.73 Å². The summed E-state index contributed by atoms with van der Waals surface area (Å²) in [6.45, 7) is 2.41. The molecule has 2 amide bonds. The van der Waals surface area contributed by atoms with Gasteiger partial charge in [0, 0.05) is 12.6 Å². The molecule has 22 heavy (non-hydrogen) atoms. The van der Waals surface area contributed by atoms with Crippen molar-refractivity contribution < 1.29 is 14.3 Å². The minimum absolute atomic E-state index is 0.0803. The monoisotopic (exact) mass is 301 g/mol. The maximum absolute atomic E-state index is 12.0. The lowest BCUT2D eigenvalue weighted by Crippen LogP contribution is -2.30. The Morgan fingerprint density at radius 3 is 2.59 bits per heavy atom. The molecule has 2 N–H and O–H groups in total. The number of hydrogen-bond donors (Lipinski definition) is 1. The first kappa shape index (κ1) is 17.2. The van der Waals surface area contributed by atoms with Crippen molar-refractivity contribution in [1.29, 1.82) is 5.26 Å². The number of primary amides is 1. The van der Waals surface area contributed by atoms with E-state index < -0.39 is 5.91 Å². The molecule has 1 aromatic rings. The molecule has 1 aromatic carbocycles. The van der Waals surface area contributed by atoms with Gasteiger partial charge in [-0.1, -0.05) is 19.1 Å². The summed E-state index contributed by atoms with van der Waals surface area (Å²) in [5, 5.41) is 8.70. The van der Waals surface area contributed by atoms with E-state index in [0.717, 1.165) is 12.0 Å². The second-order valence-electron chi connectivity index (χ2n) is 4.58. The molecule has 0 fully saturated rings. The zero-order chi connectivity index (χ0) is 16.4. The van der Waals surface area contributed by atoms with E-state index in [9.17, 15) is 9.59 Å². The molecule has 0 saturated carbocycles. The molecule has 116 valence electrons. The number of nitrogens with zero attached hydrogens (tertiary/aromatic N) is 2. The Bertz CT molecular complexity index is 573. The van der Waals surface area contributed by atoms with Crippen LogP contribution in [0.3, 0.4) is 0 Å². The van der Waals surface area contributed by atoms with Gasteiger partial charge >= 0.3 is 0 Å². The number of benzene rings is 1. The summed E-state index contributed by atoms with van der Waals surface area (Å²) in [5.41, 5.74) is 5.80. The predicted molar refractivity (Wildman–Crippen MR) is 82.6 cm³/mol. The van der Waals surface area contributed by atoms with E-state index in [-0.39, 0.29) is 19.1 Å². The zero-order valence-electron chi connectivity index (χ0n) is 12.5. The van der Waals surface area contributed by atoms with Crippen molar-refractivity contribution >= 4 is 17.9 Å². The Balaban J connectivity index is 2.63. The summed E-state index contributed by atoms with van der Waals surface area (Å²) in [4.78, 5) is 24.0. The maximum Gasteiger partial charge on any atom is 0.255 e. The summed E-state index contributed by atoms with van der Waals surface area (Å²) >= 11 is 0. The van der Waals surface area contributed by atoms with E-state index in [2.05, 4.69) is 0 Å². The fourth-order valence-electron chi connectivity index (χ4n) is 1.72. The smallest absolute Gasteiger partial charge is 0.255 e. The predicted octanol–water partition coefficient (Wildman–Crippen LogP) is 1.33. The molecule has 0 atom stereocenters. The first-order chi connectivity index (χ1) is 10.6. The van der Waals surface area contributed by atoms with Gasteiger partial charge in [0.2, 0.25) is 5.91 Å². The van der Waals surface area contributed by atoms with Gasteiger partial charge in [-0.2, -0.15) is 5.26 Å². The average molecular weight is 301 g/mol. The fourth-order valence-corrected chi connectivity index (χ4v) is 1.72. The summed E-state index contributed by atoms with van der Waals surface area (Å²) in [5.74, 6) is -0.208. The van der Waals surface area contributed by atoms with Crippen molar-refractivity contribution in [3.63, 3.8) is 0 Å². The summed E-state index contributed by atoms with van der Waals surface area (Å²) < 4.78 is 5.14. The molecule has 1 rings (SSSR count). The van der Waals surface area contributed by atoms with Gasteiger partial charge in [-0.3, -0.25) is 9.59 Å². The molecule has 6 nitrogen and oxygen atoms in total. The molecule has 0 unspecified atom stereocenters. The van der Waals surface area contributed by atoms with E-state index in [4.69, 9.17) is 15.7 Å².